The highest BCUT2D eigenvalue weighted by Gasteiger charge is 2.34. The summed E-state index contributed by atoms with van der Waals surface area (Å²) in [6, 6.07) is 7.09. The number of alkyl halides is 3. The number of hydrogen-bond acceptors (Lipinski definition) is 5. The van der Waals surface area contributed by atoms with Crippen LogP contribution in [0, 0.1) is 5.82 Å². The number of rotatable bonds is 7. The zero-order valence-corrected chi connectivity index (χ0v) is 23.1. The van der Waals surface area contributed by atoms with Gasteiger partial charge in [-0.1, -0.05) is 29.3 Å². The molecule has 1 aliphatic heterocycles. The largest absolute Gasteiger partial charge is 0.484 e. The Kier molecular flexibility index (Phi) is 9.09. The van der Waals surface area contributed by atoms with Crippen molar-refractivity contribution in [3.63, 3.8) is 0 Å². The Balaban J connectivity index is 1.53. The van der Waals surface area contributed by atoms with Crippen molar-refractivity contribution in [2.75, 3.05) is 38.5 Å². The molecule has 13 heteroatoms. The van der Waals surface area contributed by atoms with E-state index in [4.69, 9.17) is 27.9 Å². The molecule has 1 aromatic heterocycles. The van der Waals surface area contributed by atoms with Crippen LogP contribution in [-0.2, 0) is 12.7 Å². The van der Waals surface area contributed by atoms with Crippen LogP contribution >= 0.6 is 23.2 Å². The molecular formula is C27H26Cl2F4N4O3. The van der Waals surface area contributed by atoms with Gasteiger partial charge in [0.15, 0.2) is 0 Å². The smallest absolute Gasteiger partial charge is 0.416 e. The molecule has 0 saturated carbocycles. The number of benzene rings is 2. The second kappa shape index (κ2) is 12.2. The average Bonchev–Trinajstić information content (AvgIpc) is 2.89. The summed E-state index contributed by atoms with van der Waals surface area (Å²) in [4.78, 5) is 31.7. The number of carbonyl (C=O) groups is 1. The Labute approximate surface area is 237 Å². The predicted octanol–water partition coefficient (Wildman–Crippen LogP) is 5.98. The summed E-state index contributed by atoms with van der Waals surface area (Å²) < 4.78 is 61.4. The first-order valence-corrected chi connectivity index (χ1v) is 13.0. The second-order valence-electron chi connectivity index (χ2n) is 9.50. The number of H-pyrrole nitrogens is 1. The van der Waals surface area contributed by atoms with Crippen molar-refractivity contribution in [3.8, 4) is 5.75 Å². The summed E-state index contributed by atoms with van der Waals surface area (Å²) >= 11 is 12.2. The van der Waals surface area contributed by atoms with Gasteiger partial charge in [-0.3, -0.25) is 14.5 Å². The Morgan fingerprint density at radius 2 is 1.82 bits per heavy atom. The van der Waals surface area contributed by atoms with Crippen LogP contribution in [0.25, 0.3) is 0 Å². The Morgan fingerprint density at radius 1 is 1.12 bits per heavy atom. The standard InChI is InChI=1S/C27H26Cl2F4N4O3/c1-15(23-21(28)5-6-22(30)24(23)29)40-18-12-19(25(38)34-13-18)26(39)35-17-4-3-16(20(11-17)27(31,32)33)14-37-9-7-36(2)8-10-37/h3-6,11-13,15H,7-10,14H2,1-2H3,(H,34,38)(H,35,39)/t15-/m1/s1. The van der Waals surface area contributed by atoms with Gasteiger partial charge in [-0.15, -0.1) is 0 Å². The fraction of sp³-hybridized carbons (Fsp3) is 0.333. The summed E-state index contributed by atoms with van der Waals surface area (Å²) in [5.74, 6) is -1.63. The molecule has 2 heterocycles. The molecule has 1 atom stereocenters. The van der Waals surface area contributed by atoms with Gasteiger partial charge in [0, 0.05) is 61.3 Å². The van der Waals surface area contributed by atoms with E-state index in [2.05, 4.69) is 15.2 Å². The maximum absolute atomic E-state index is 13.9. The summed E-state index contributed by atoms with van der Waals surface area (Å²) in [5.41, 5.74) is -1.94. The minimum atomic E-state index is -4.65. The van der Waals surface area contributed by atoms with Crippen molar-refractivity contribution in [2.24, 2.45) is 0 Å². The van der Waals surface area contributed by atoms with Crippen molar-refractivity contribution < 1.29 is 27.1 Å². The molecule has 40 heavy (non-hydrogen) atoms. The highest BCUT2D eigenvalue weighted by atomic mass is 35.5. The molecule has 7 nitrogen and oxygen atoms in total. The molecule has 0 spiro atoms. The first-order chi connectivity index (χ1) is 18.8. The first-order valence-electron chi connectivity index (χ1n) is 12.3. The molecule has 1 aliphatic rings. The van der Waals surface area contributed by atoms with Crippen LogP contribution in [0.1, 0.15) is 40.1 Å². The van der Waals surface area contributed by atoms with Crippen LogP contribution in [0.2, 0.25) is 10.0 Å². The number of nitrogens with zero attached hydrogens (tertiary/aromatic N) is 2. The summed E-state index contributed by atoms with van der Waals surface area (Å²) in [7, 11) is 1.96. The number of pyridine rings is 1. The molecule has 3 aromatic rings. The van der Waals surface area contributed by atoms with Crippen molar-refractivity contribution in [3.05, 3.63) is 91.1 Å². The zero-order valence-electron chi connectivity index (χ0n) is 21.5. The number of aromatic amines is 1. The van der Waals surface area contributed by atoms with Gasteiger partial charge in [0.05, 0.1) is 10.6 Å². The summed E-state index contributed by atoms with van der Waals surface area (Å²) in [5, 5.41) is 2.27. The van der Waals surface area contributed by atoms with Crippen molar-refractivity contribution in [1.29, 1.82) is 0 Å². The molecule has 0 unspecified atom stereocenters. The highest BCUT2D eigenvalue weighted by Crippen LogP contribution is 2.36. The normalized spacial score (nSPS) is 15.6. The van der Waals surface area contributed by atoms with Gasteiger partial charge in [-0.2, -0.15) is 13.2 Å². The molecule has 1 amide bonds. The third kappa shape index (κ3) is 6.95. The van der Waals surface area contributed by atoms with Crippen LogP contribution in [0.3, 0.4) is 0 Å². The molecular weight excluding hydrogens is 575 g/mol. The summed E-state index contributed by atoms with van der Waals surface area (Å²) in [6.45, 7) is 4.46. The average molecular weight is 601 g/mol. The molecule has 0 radical (unpaired) electrons. The van der Waals surface area contributed by atoms with E-state index in [0.717, 1.165) is 31.3 Å². The van der Waals surface area contributed by atoms with Gasteiger partial charge in [0.25, 0.3) is 11.5 Å². The topological polar surface area (TPSA) is 77.7 Å². The van der Waals surface area contributed by atoms with Crippen molar-refractivity contribution in [1.82, 2.24) is 14.8 Å². The SMILES string of the molecule is C[C@@H](Oc1c[nH]c(=O)c(C(=O)Nc2ccc(CN3CCN(C)CC3)c(C(F)(F)F)c2)c1)c1c(Cl)ccc(F)c1Cl. The van der Waals surface area contributed by atoms with E-state index >= 15 is 0 Å². The number of anilines is 1. The van der Waals surface area contributed by atoms with E-state index in [1.54, 1.807) is 6.92 Å². The lowest BCUT2D eigenvalue weighted by atomic mass is 10.0. The zero-order chi connectivity index (χ0) is 29.2. The van der Waals surface area contributed by atoms with Gasteiger partial charge >= 0.3 is 6.18 Å². The third-order valence-corrected chi connectivity index (χ3v) is 7.30. The van der Waals surface area contributed by atoms with Gasteiger partial charge in [-0.05, 0) is 43.8 Å². The minimum absolute atomic E-state index is 0.0205. The van der Waals surface area contributed by atoms with E-state index < -0.39 is 40.7 Å². The monoisotopic (exact) mass is 600 g/mol. The van der Waals surface area contributed by atoms with Crippen LogP contribution in [0.4, 0.5) is 23.2 Å². The molecule has 2 aromatic carbocycles. The second-order valence-corrected chi connectivity index (χ2v) is 10.3. The van der Waals surface area contributed by atoms with E-state index in [9.17, 15) is 27.2 Å². The third-order valence-electron chi connectivity index (χ3n) is 6.58. The molecule has 4 rings (SSSR count). The molecule has 1 saturated heterocycles. The molecule has 0 bridgehead atoms. The Bertz CT molecular complexity index is 1460. The van der Waals surface area contributed by atoms with Crippen LogP contribution in [-0.4, -0.2) is 53.9 Å². The van der Waals surface area contributed by atoms with E-state index in [-0.39, 0.29) is 39.2 Å². The maximum Gasteiger partial charge on any atom is 0.416 e. The van der Waals surface area contributed by atoms with Crippen LogP contribution in [0.5, 0.6) is 5.75 Å². The maximum atomic E-state index is 13.9. The fourth-order valence-corrected chi connectivity index (χ4v) is 5.06. The van der Waals surface area contributed by atoms with Crippen molar-refractivity contribution in [2.45, 2.75) is 25.7 Å². The van der Waals surface area contributed by atoms with Gasteiger partial charge in [0.1, 0.15) is 23.2 Å². The lowest BCUT2D eigenvalue weighted by Crippen LogP contribution is -2.44. The Hall–Kier alpha value is -3.12. The lowest BCUT2D eigenvalue weighted by Gasteiger charge is -2.33. The number of hydrogen-bond donors (Lipinski definition) is 2. The molecule has 214 valence electrons. The number of amides is 1. The molecule has 2 N–H and O–H groups in total. The lowest BCUT2D eigenvalue weighted by molar-refractivity contribution is -0.138. The van der Waals surface area contributed by atoms with Gasteiger partial charge in [-0.25, -0.2) is 4.39 Å². The number of halogens is 6. The van der Waals surface area contributed by atoms with E-state index in [0.29, 0.717) is 13.1 Å². The number of carbonyl (C=O) groups excluding carboxylic acids is 1. The van der Waals surface area contributed by atoms with Crippen LogP contribution in [0.15, 0.2) is 47.4 Å². The first kappa shape index (κ1) is 29.9. The number of likely N-dealkylation sites (N-methyl/N-ethyl adjacent to an activating group) is 1. The Morgan fingerprint density at radius 3 is 2.50 bits per heavy atom. The number of piperazine rings is 1. The summed E-state index contributed by atoms with van der Waals surface area (Å²) in [6.07, 6.45) is -4.34. The van der Waals surface area contributed by atoms with Crippen molar-refractivity contribution >= 4 is 34.8 Å². The van der Waals surface area contributed by atoms with Gasteiger partial charge in [0.2, 0.25) is 0 Å². The van der Waals surface area contributed by atoms with Crippen LogP contribution < -0.4 is 15.6 Å². The van der Waals surface area contributed by atoms with E-state index in [1.807, 2.05) is 11.9 Å². The number of nitrogens with one attached hydrogen (secondary N) is 2. The number of aromatic nitrogens is 1. The molecule has 0 aliphatic carbocycles. The predicted molar refractivity (Wildman–Crippen MR) is 145 cm³/mol. The highest BCUT2D eigenvalue weighted by molar-refractivity contribution is 6.36. The van der Waals surface area contributed by atoms with Gasteiger partial charge < -0.3 is 19.9 Å². The molecule has 1 fully saturated rings. The fourth-order valence-electron chi connectivity index (χ4n) is 4.38. The number of ether oxygens (including phenoxy) is 1. The minimum Gasteiger partial charge on any atom is -0.484 e. The quantitative estimate of drug-likeness (QED) is 0.258. The van der Waals surface area contributed by atoms with E-state index in [1.165, 1.54) is 24.4 Å².